The summed E-state index contributed by atoms with van der Waals surface area (Å²) >= 11 is 0. The number of nitriles is 1. The third-order valence-corrected chi connectivity index (χ3v) is 3.33. The molecule has 0 saturated carbocycles. The molecule has 0 aliphatic carbocycles. The highest BCUT2D eigenvalue weighted by molar-refractivity contribution is 8.13. The van der Waals surface area contributed by atoms with Crippen molar-refractivity contribution >= 4 is 19.7 Å². The highest BCUT2D eigenvalue weighted by Crippen LogP contribution is 2.31. The van der Waals surface area contributed by atoms with Crippen LogP contribution in [-0.2, 0) is 15.6 Å². The molecule has 1 rings (SSSR count). The van der Waals surface area contributed by atoms with Gasteiger partial charge in [-0.3, -0.25) is 0 Å². The molecule has 0 aliphatic rings. The number of hydrogen-bond acceptors (Lipinski definition) is 5. The van der Waals surface area contributed by atoms with Crippen LogP contribution in [-0.4, -0.2) is 14.8 Å². The maximum absolute atomic E-state index is 12.1. The van der Waals surface area contributed by atoms with E-state index in [2.05, 4.69) is 4.74 Å². The molecule has 0 bridgehead atoms. The monoisotopic (exact) mass is 314 g/mol. The lowest BCUT2D eigenvalue weighted by molar-refractivity contribution is -0.274. The Morgan fingerprint density at radius 1 is 1.42 bits per heavy atom. The maximum atomic E-state index is 12.1. The van der Waals surface area contributed by atoms with Gasteiger partial charge in [-0.15, -0.1) is 13.2 Å². The highest BCUT2D eigenvalue weighted by atomic mass is 35.7. The Morgan fingerprint density at radius 3 is 2.37 bits per heavy atom. The predicted octanol–water partition coefficient (Wildman–Crippen LogP) is 1.84. The van der Waals surface area contributed by atoms with Crippen LogP contribution in [0.2, 0.25) is 0 Å². The van der Waals surface area contributed by atoms with Crippen LogP contribution in [0.15, 0.2) is 17.0 Å². The van der Waals surface area contributed by atoms with Gasteiger partial charge < -0.3 is 10.5 Å². The first-order valence-corrected chi connectivity index (χ1v) is 6.87. The molecule has 0 unspecified atom stereocenters. The number of ether oxygens (including phenoxy) is 1. The average molecular weight is 315 g/mol. The zero-order valence-corrected chi connectivity index (χ0v) is 10.6. The Bertz CT molecular complexity index is 637. The normalized spacial score (nSPS) is 12.0. The van der Waals surface area contributed by atoms with Crippen molar-refractivity contribution in [2.75, 3.05) is 0 Å². The van der Waals surface area contributed by atoms with Crippen LogP contribution >= 0.6 is 10.7 Å². The van der Waals surface area contributed by atoms with E-state index in [-0.39, 0.29) is 12.1 Å². The summed E-state index contributed by atoms with van der Waals surface area (Å²) in [6, 6.07) is 2.88. The lowest BCUT2D eigenvalue weighted by Gasteiger charge is -2.12. The lowest BCUT2D eigenvalue weighted by atomic mass is 10.1. The number of nitrogens with two attached hydrogens (primary N) is 1. The predicted molar refractivity (Wildman–Crippen MR) is 58.8 cm³/mol. The first-order chi connectivity index (χ1) is 8.58. The van der Waals surface area contributed by atoms with Gasteiger partial charge in [-0.1, -0.05) is 0 Å². The molecule has 19 heavy (non-hydrogen) atoms. The number of halogens is 4. The van der Waals surface area contributed by atoms with Gasteiger partial charge in [-0.05, 0) is 11.6 Å². The summed E-state index contributed by atoms with van der Waals surface area (Å²) < 4.78 is 62.3. The van der Waals surface area contributed by atoms with Crippen LogP contribution in [0.4, 0.5) is 13.2 Å². The van der Waals surface area contributed by atoms with Gasteiger partial charge in [-0.2, -0.15) is 5.26 Å². The van der Waals surface area contributed by atoms with E-state index in [0.29, 0.717) is 6.07 Å². The molecule has 0 saturated heterocycles. The largest absolute Gasteiger partial charge is 0.573 e. The van der Waals surface area contributed by atoms with E-state index in [4.69, 9.17) is 21.7 Å². The summed E-state index contributed by atoms with van der Waals surface area (Å²) in [6.07, 6.45) is -5.01. The molecule has 0 spiro atoms. The van der Waals surface area contributed by atoms with Crippen molar-refractivity contribution in [3.63, 3.8) is 0 Å². The zero-order valence-electron chi connectivity index (χ0n) is 9.03. The standard InChI is InChI=1S/C9H6ClF3N2O3S/c10-19(16,17)8-2-6(18-9(11,12)13)1-5(3-14)7(8)4-15/h1-2H,3,14H2. The van der Waals surface area contributed by atoms with Crippen LogP contribution in [0, 0.1) is 11.3 Å². The van der Waals surface area contributed by atoms with Gasteiger partial charge in [0.15, 0.2) is 0 Å². The molecule has 0 radical (unpaired) electrons. The molecule has 104 valence electrons. The van der Waals surface area contributed by atoms with Crippen molar-refractivity contribution in [3.05, 3.63) is 23.3 Å². The van der Waals surface area contributed by atoms with E-state index in [0.717, 1.165) is 6.07 Å². The fourth-order valence-electron chi connectivity index (χ4n) is 1.32. The second-order valence-corrected chi connectivity index (χ2v) is 5.79. The number of nitrogens with zero attached hydrogens (tertiary/aromatic N) is 1. The maximum Gasteiger partial charge on any atom is 0.573 e. The first-order valence-electron chi connectivity index (χ1n) is 4.56. The van der Waals surface area contributed by atoms with Crippen molar-refractivity contribution in [2.24, 2.45) is 5.73 Å². The minimum Gasteiger partial charge on any atom is -0.406 e. The van der Waals surface area contributed by atoms with E-state index >= 15 is 0 Å². The van der Waals surface area contributed by atoms with Crippen LogP contribution in [0.5, 0.6) is 5.75 Å². The van der Waals surface area contributed by atoms with Crippen LogP contribution in [0.1, 0.15) is 11.1 Å². The van der Waals surface area contributed by atoms with Crippen LogP contribution in [0.3, 0.4) is 0 Å². The zero-order chi connectivity index (χ0) is 14.8. The molecule has 0 aromatic heterocycles. The Balaban J connectivity index is 3.54. The van der Waals surface area contributed by atoms with Crippen molar-refractivity contribution < 1.29 is 26.3 Å². The van der Waals surface area contributed by atoms with Crippen molar-refractivity contribution in [2.45, 2.75) is 17.8 Å². The summed E-state index contributed by atoms with van der Waals surface area (Å²) in [5.74, 6) is -0.814. The Labute approximate surface area is 110 Å². The van der Waals surface area contributed by atoms with E-state index < -0.39 is 31.6 Å². The van der Waals surface area contributed by atoms with Crippen molar-refractivity contribution in [1.82, 2.24) is 0 Å². The molecule has 5 nitrogen and oxygen atoms in total. The second kappa shape index (κ2) is 5.24. The minimum atomic E-state index is -5.01. The van der Waals surface area contributed by atoms with Gasteiger partial charge in [0.25, 0.3) is 9.05 Å². The molecule has 0 atom stereocenters. The smallest absolute Gasteiger partial charge is 0.406 e. The third-order valence-electron chi connectivity index (χ3n) is 1.99. The van der Waals surface area contributed by atoms with E-state index in [1.54, 1.807) is 0 Å². The van der Waals surface area contributed by atoms with Gasteiger partial charge in [0.05, 0.1) is 5.56 Å². The molecule has 0 fully saturated rings. The molecular formula is C9H6ClF3N2O3S. The second-order valence-electron chi connectivity index (χ2n) is 3.26. The number of hydrogen-bond donors (Lipinski definition) is 1. The third kappa shape index (κ3) is 3.99. The molecule has 0 aliphatic heterocycles. The Kier molecular flexibility index (Phi) is 4.29. The molecule has 2 N–H and O–H groups in total. The summed E-state index contributed by atoms with van der Waals surface area (Å²) in [5, 5.41) is 8.83. The van der Waals surface area contributed by atoms with E-state index in [9.17, 15) is 21.6 Å². The molecule has 0 heterocycles. The first kappa shape index (κ1) is 15.6. The quantitative estimate of drug-likeness (QED) is 0.859. The van der Waals surface area contributed by atoms with Gasteiger partial charge in [0.2, 0.25) is 0 Å². The van der Waals surface area contributed by atoms with Gasteiger partial charge >= 0.3 is 6.36 Å². The topological polar surface area (TPSA) is 93.2 Å². The van der Waals surface area contributed by atoms with Crippen LogP contribution in [0.25, 0.3) is 0 Å². The molecule has 10 heteroatoms. The van der Waals surface area contributed by atoms with Crippen molar-refractivity contribution in [3.8, 4) is 11.8 Å². The van der Waals surface area contributed by atoms with Crippen LogP contribution < -0.4 is 10.5 Å². The van der Waals surface area contributed by atoms with Gasteiger partial charge in [-0.25, -0.2) is 8.42 Å². The fraction of sp³-hybridized carbons (Fsp3) is 0.222. The molecule has 0 amide bonds. The number of rotatable bonds is 3. The van der Waals surface area contributed by atoms with E-state index in [1.165, 1.54) is 6.07 Å². The summed E-state index contributed by atoms with van der Waals surface area (Å²) in [5.41, 5.74) is 4.71. The SMILES string of the molecule is N#Cc1c(CN)cc(OC(F)(F)F)cc1S(=O)(=O)Cl. The number of benzene rings is 1. The summed E-state index contributed by atoms with van der Waals surface area (Å²) in [7, 11) is 0.649. The fourth-order valence-corrected chi connectivity index (χ4v) is 2.36. The number of alkyl halides is 3. The molecule has 1 aromatic carbocycles. The lowest BCUT2D eigenvalue weighted by Crippen LogP contribution is -2.18. The minimum absolute atomic E-state index is 0.122. The van der Waals surface area contributed by atoms with Gasteiger partial charge in [0.1, 0.15) is 16.7 Å². The average Bonchev–Trinajstić information content (AvgIpc) is 2.24. The Hall–Kier alpha value is -1.50. The van der Waals surface area contributed by atoms with Crippen molar-refractivity contribution in [1.29, 1.82) is 5.26 Å². The molecular weight excluding hydrogens is 309 g/mol. The summed E-state index contributed by atoms with van der Waals surface area (Å²) in [6.45, 7) is -0.350. The highest BCUT2D eigenvalue weighted by Gasteiger charge is 2.32. The summed E-state index contributed by atoms with van der Waals surface area (Å²) in [4.78, 5) is -0.779. The van der Waals surface area contributed by atoms with Gasteiger partial charge in [0, 0.05) is 23.3 Å². The molecule has 1 aromatic rings. The Morgan fingerprint density at radius 2 is 2.00 bits per heavy atom. The van der Waals surface area contributed by atoms with E-state index in [1.807, 2.05) is 0 Å².